The topological polar surface area (TPSA) is 32.7 Å². The summed E-state index contributed by atoms with van der Waals surface area (Å²) in [5.41, 5.74) is 0.881. The lowest BCUT2D eigenvalue weighted by atomic mass is 9.97. The minimum absolute atomic E-state index is 0.130. The van der Waals surface area contributed by atoms with Crippen molar-refractivity contribution in [2.45, 2.75) is 10.5 Å². The van der Waals surface area contributed by atoms with Gasteiger partial charge in [0, 0.05) is 12.5 Å². The first-order chi connectivity index (χ1) is 7.87. The summed E-state index contributed by atoms with van der Waals surface area (Å²) in [6.07, 6.45) is 0. The molecule has 0 aliphatic heterocycles. The van der Waals surface area contributed by atoms with Gasteiger partial charge in [-0.05, 0) is 54.4 Å². The lowest BCUT2D eigenvalue weighted by molar-refractivity contribution is 0.0813. The second-order valence-corrected chi connectivity index (χ2v) is 6.21. The Kier molecular flexibility index (Phi) is 5.22. The van der Waals surface area contributed by atoms with Crippen molar-refractivity contribution >= 4 is 22.6 Å². The number of ether oxygens (including phenoxy) is 1. The van der Waals surface area contributed by atoms with E-state index < -0.39 is 3.61 Å². The summed E-state index contributed by atoms with van der Waals surface area (Å²) in [7, 11) is 5.65. The number of nitrogens with zero attached hydrogens (tertiary/aromatic N) is 1. The Hall–Kier alpha value is -0.330. The molecule has 1 aromatic rings. The van der Waals surface area contributed by atoms with Crippen LogP contribution in [0.4, 0.5) is 0 Å². The molecule has 0 aromatic heterocycles. The second kappa shape index (κ2) is 6.02. The van der Waals surface area contributed by atoms with Crippen LogP contribution in [0, 0.1) is 5.92 Å². The van der Waals surface area contributed by atoms with Gasteiger partial charge in [-0.1, -0.05) is 19.1 Å². The van der Waals surface area contributed by atoms with Crippen molar-refractivity contribution in [1.82, 2.24) is 4.90 Å². The average Bonchev–Trinajstić information content (AvgIpc) is 2.28. The fourth-order valence-corrected chi connectivity index (χ4v) is 2.33. The van der Waals surface area contributed by atoms with Crippen molar-refractivity contribution in [3.8, 4) is 5.75 Å². The fraction of sp³-hybridized carbons (Fsp3) is 0.538. The van der Waals surface area contributed by atoms with Crippen LogP contribution in [0.3, 0.4) is 0 Å². The Morgan fingerprint density at radius 2 is 2.12 bits per heavy atom. The molecule has 1 aromatic carbocycles. The Morgan fingerprint density at radius 1 is 1.47 bits per heavy atom. The SMILES string of the molecule is COc1cccc([C@](O)(I)[C@@H](C)CN(C)C)c1. The number of rotatable bonds is 5. The molecule has 0 bridgehead atoms. The normalized spacial score (nSPS) is 16.6. The number of methoxy groups -OCH3 is 1. The van der Waals surface area contributed by atoms with Gasteiger partial charge in [-0.2, -0.15) is 0 Å². The highest BCUT2D eigenvalue weighted by molar-refractivity contribution is 14.1. The standard InChI is InChI=1S/C13H20INO2/c1-10(9-15(2)3)13(14,16)11-6-5-7-12(8-11)17-4/h5-8,10,16H,9H2,1-4H3/t10-,13-/m0/s1. The Morgan fingerprint density at radius 3 is 2.65 bits per heavy atom. The van der Waals surface area contributed by atoms with Gasteiger partial charge in [0.25, 0.3) is 0 Å². The molecule has 0 aliphatic carbocycles. The van der Waals surface area contributed by atoms with Gasteiger partial charge in [-0.25, -0.2) is 0 Å². The maximum atomic E-state index is 10.6. The maximum Gasteiger partial charge on any atom is 0.144 e. The van der Waals surface area contributed by atoms with Crippen molar-refractivity contribution in [2.75, 3.05) is 27.7 Å². The molecule has 96 valence electrons. The van der Waals surface area contributed by atoms with E-state index >= 15 is 0 Å². The van der Waals surface area contributed by atoms with E-state index in [0.29, 0.717) is 0 Å². The number of alkyl halides is 1. The second-order valence-electron chi connectivity index (χ2n) is 4.57. The van der Waals surface area contributed by atoms with Crippen LogP contribution < -0.4 is 4.74 Å². The molecule has 0 saturated heterocycles. The molecule has 0 heterocycles. The van der Waals surface area contributed by atoms with Crippen molar-refractivity contribution in [2.24, 2.45) is 5.92 Å². The molecule has 17 heavy (non-hydrogen) atoms. The minimum atomic E-state index is -0.878. The van der Waals surface area contributed by atoms with E-state index in [9.17, 15) is 5.11 Å². The number of benzene rings is 1. The zero-order valence-electron chi connectivity index (χ0n) is 10.8. The predicted octanol–water partition coefficient (Wildman–Crippen LogP) is 2.47. The summed E-state index contributed by atoms with van der Waals surface area (Å²) in [6, 6.07) is 7.60. The van der Waals surface area contributed by atoms with Gasteiger partial charge < -0.3 is 14.7 Å². The van der Waals surface area contributed by atoms with Gasteiger partial charge in [-0.3, -0.25) is 0 Å². The lowest BCUT2D eigenvalue weighted by Gasteiger charge is -2.31. The summed E-state index contributed by atoms with van der Waals surface area (Å²) in [5.74, 6) is 0.903. The van der Waals surface area contributed by atoms with E-state index in [1.807, 2.05) is 45.3 Å². The van der Waals surface area contributed by atoms with Gasteiger partial charge in [0.05, 0.1) is 7.11 Å². The van der Waals surface area contributed by atoms with Crippen LogP contribution in [0.25, 0.3) is 0 Å². The first kappa shape index (κ1) is 14.7. The molecule has 0 fully saturated rings. The van der Waals surface area contributed by atoms with Crippen LogP contribution >= 0.6 is 22.6 Å². The molecule has 1 N–H and O–H groups in total. The molecule has 1 rings (SSSR count). The van der Waals surface area contributed by atoms with Crippen LogP contribution in [0.1, 0.15) is 12.5 Å². The third-order valence-corrected chi connectivity index (χ3v) is 4.45. The van der Waals surface area contributed by atoms with E-state index in [4.69, 9.17) is 4.74 Å². The molecular weight excluding hydrogens is 329 g/mol. The summed E-state index contributed by atoms with van der Waals surface area (Å²) in [6.45, 7) is 2.88. The van der Waals surface area contributed by atoms with E-state index in [1.54, 1.807) is 7.11 Å². The predicted molar refractivity (Wildman–Crippen MR) is 78.6 cm³/mol. The Labute approximate surface area is 117 Å². The highest BCUT2D eigenvalue weighted by Crippen LogP contribution is 2.38. The molecular formula is C13H20INO2. The van der Waals surface area contributed by atoms with E-state index in [-0.39, 0.29) is 5.92 Å². The van der Waals surface area contributed by atoms with E-state index in [1.165, 1.54) is 0 Å². The molecule has 0 unspecified atom stereocenters. The lowest BCUT2D eigenvalue weighted by Crippen LogP contribution is -2.34. The van der Waals surface area contributed by atoms with Crippen molar-refractivity contribution in [3.63, 3.8) is 0 Å². The van der Waals surface area contributed by atoms with Gasteiger partial charge >= 0.3 is 0 Å². The van der Waals surface area contributed by atoms with Crippen LogP contribution in [0.15, 0.2) is 24.3 Å². The summed E-state index contributed by atoms with van der Waals surface area (Å²) in [4.78, 5) is 2.08. The monoisotopic (exact) mass is 349 g/mol. The third kappa shape index (κ3) is 3.82. The highest BCUT2D eigenvalue weighted by Gasteiger charge is 2.33. The highest BCUT2D eigenvalue weighted by atomic mass is 127. The minimum Gasteiger partial charge on any atom is -0.497 e. The Balaban J connectivity index is 2.94. The zero-order valence-corrected chi connectivity index (χ0v) is 12.9. The number of aliphatic hydroxyl groups is 1. The number of hydrogen-bond acceptors (Lipinski definition) is 3. The first-order valence-electron chi connectivity index (χ1n) is 5.58. The van der Waals surface area contributed by atoms with Crippen molar-refractivity contribution in [3.05, 3.63) is 29.8 Å². The Bertz CT molecular complexity index is 366. The molecule has 4 heteroatoms. The molecule has 3 nitrogen and oxygen atoms in total. The van der Waals surface area contributed by atoms with Gasteiger partial charge in [0.2, 0.25) is 0 Å². The largest absolute Gasteiger partial charge is 0.497 e. The smallest absolute Gasteiger partial charge is 0.144 e. The van der Waals surface area contributed by atoms with Gasteiger partial charge in [0.15, 0.2) is 0 Å². The van der Waals surface area contributed by atoms with Gasteiger partial charge in [0.1, 0.15) is 9.36 Å². The van der Waals surface area contributed by atoms with Crippen LogP contribution in [-0.4, -0.2) is 37.8 Å². The summed E-state index contributed by atoms with van der Waals surface area (Å²) >= 11 is 2.11. The maximum absolute atomic E-state index is 10.6. The fourth-order valence-electron chi connectivity index (χ4n) is 1.79. The van der Waals surface area contributed by atoms with Crippen LogP contribution in [0.5, 0.6) is 5.75 Å². The number of halogens is 1. The van der Waals surface area contributed by atoms with Crippen LogP contribution in [0.2, 0.25) is 0 Å². The summed E-state index contributed by atoms with van der Waals surface area (Å²) < 4.78 is 4.31. The number of hydrogen-bond donors (Lipinski definition) is 1. The van der Waals surface area contributed by atoms with E-state index in [2.05, 4.69) is 27.5 Å². The van der Waals surface area contributed by atoms with Crippen molar-refractivity contribution < 1.29 is 9.84 Å². The molecule has 0 radical (unpaired) electrons. The zero-order chi connectivity index (χ0) is 13.1. The first-order valence-corrected chi connectivity index (χ1v) is 6.66. The summed E-state index contributed by atoms with van der Waals surface area (Å²) in [5, 5.41) is 10.6. The van der Waals surface area contributed by atoms with Crippen LogP contribution in [-0.2, 0) is 3.61 Å². The van der Waals surface area contributed by atoms with Crippen molar-refractivity contribution in [1.29, 1.82) is 0 Å². The molecule has 0 aliphatic rings. The molecule has 0 spiro atoms. The third-order valence-electron chi connectivity index (χ3n) is 2.77. The van der Waals surface area contributed by atoms with E-state index in [0.717, 1.165) is 17.9 Å². The molecule has 0 amide bonds. The van der Waals surface area contributed by atoms with Gasteiger partial charge in [-0.15, -0.1) is 0 Å². The quantitative estimate of drug-likeness (QED) is 0.655. The molecule has 2 atom stereocenters. The average molecular weight is 349 g/mol. The molecule has 0 saturated carbocycles.